The summed E-state index contributed by atoms with van der Waals surface area (Å²) in [4.78, 5) is 14.9. The zero-order valence-electron chi connectivity index (χ0n) is 36.9. The summed E-state index contributed by atoms with van der Waals surface area (Å²) in [6.45, 7) is 27.8. The van der Waals surface area contributed by atoms with Crippen molar-refractivity contribution in [1.29, 1.82) is 0 Å². The van der Waals surface area contributed by atoms with E-state index in [1.54, 1.807) is 12.3 Å². The van der Waals surface area contributed by atoms with Crippen molar-refractivity contribution in [2.24, 2.45) is 10.4 Å². The van der Waals surface area contributed by atoms with Crippen molar-refractivity contribution >= 4 is 27.7 Å². The van der Waals surface area contributed by atoms with Crippen LogP contribution in [0.25, 0.3) is 27.6 Å². The maximum Gasteiger partial charge on any atom is 2.00 e. The Bertz CT molecular complexity index is 2640. The summed E-state index contributed by atoms with van der Waals surface area (Å²) < 4.78 is 35.0. The fourth-order valence-corrected chi connectivity index (χ4v) is 8.15. The minimum atomic E-state index is -1.88. The molecule has 3 aromatic heterocycles. The quantitative estimate of drug-likeness (QED) is 0.165. The Morgan fingerprint density at radius 3 is 2.11 bits per heavy atom. The molecule has 2 atom stereocenters. The summed E-state index contributed by atoms with van der Waals surface area (Å²) in [5.41, 5.74) is 3.58. The van der Waals surface area contributed by atoms with Crippen LogP contribution in [0.5, 0.6) is 11.5 Å². The third-order valence-corrected chi connectivity index (χ3v) is 11.4. The van der Waals surface area contributed by atoms with Crippen LogP contribution in [0.3, 0.4) is 0 Å². The number of fused-ring (bicyclic) bond motifs is 6. The van der Waals surface area contributed by atoms with E-state index in [0.717, 1.165) is 33.2 Å². The van der Waals surface area contributed by atoms with Crippen LogP contribution in [0.2, 0.25) is 0 Å². The molecular weight excluding hydrogens is 872 g/mol. The first-order chi connectivity index (χ1) is 26.4. The van der Waals surface area contributed by atoms with Crippen molar-refractivity contribution in [3.8, 4) is 17.3 Å². The summed E-state index contributed by atoms with van der Waals surface area (Å²) in [6.07, 6.45) is 1.71. The molecule has 8 rings (SSSR count). The van der Waals surface area contributed by atoms with Crippen LogP contribution in [0.4, 0.5) is 0 Å². The molecule has 0 radical (unpaired) electrons. The Kier molecular flexibility index (Phi) is 8.75. The number of nitrogens with zero attached hydrogens (tertiary/aromatic N) is 4. The zero-order chi connectivity index (χ0) is 41.3. The predicted octanol–water partition coefficient (Wildman–Crippen LogP) is 11.9. The predicted molar refractivity (Wildman–Crippen MR) is 224 cm³/mol. The number of pyridine rings is 2. The first-order valence-electron chi connectivity index (χ1n) is 20.4. The van der Waals surface area contributed by atoms with Crippen LogP contribution in [0, 0.1) is 17.5 Å². The van der Waals surface area contributed by atoms with Gasteiger partial charge in [0, 0.05) is 43.9 Å². The summed E-state index contributed by atoms with van der Waals surface area (Å²) in [7, 11) is 0. The molecule has 6 aromatic rings. The molecule has 6 nitrogen and oxygen atoms in total. The SMILES string of the molecule is [2H]C1([2H])c2cccnc2[C@@]2(C)N=C(c3[c-]c(Oc4[c-]c5c(cc4)c4cc(C(C)(C)C)ccc4n5-c4cc(C(C)(C)C)ccn4)cc(C(C)(C)C)c3)O[C@@]12C(C)(C)C.[Pt+2]. The summed E-state index contributed by atoms with van der Waals surface area (Å²) >= 11 is 0. The van der Waals surface area contributed by atoms with E-state index in [-0.39, 0.29) is 37.3 Å². The fourth-order valence-electron chi connectivity index (χ4n) is 8.15. The minimum absolute atomic E-state index is 0. The maximum atomic E-state index is 9.56. The Morgan fingerprint density at radius 1 is 0.732 bits per heavy atom. The molecule has 0 unspecified atom stereocenters. The Labute approximate surface area is 350 Å². The van der Waals surface area contributed by atoms with Crippen molar-refractivity contribution in [3.05, 3.63) is 125 Å². The van der Waals surface area contributed by atoms with Crippen molar-refractivity contribution in [1.82, 2.24) is 14.5 Å². The second-order valence-corrected chi connectivity index (χ2v) is 19.6. The van der Waals surface area contributed by atoms with E-state index in [9.17, 15) is 2.74 Å². The first kappa shape index (κ1) is 37.3. The Balaban J connectivity index is 0.00000512. The average Bonchev–Trinajstić information content (AvgIpc) is 3.68. The van der Waals surface area contributed by atoms with Gasteiger partial charge in [-0.1, -0.05) is 124 Å². The number of hydrogen-bond donors (Lipinski definition) is 0. The molecule has 1 aliphatic carbocycles. The zero-order valence-corrected chi connectivity index (χ0v) is 37.2. The molecular formula is C49H54N4O2Pt. The second kappa shape index (κ2) is 13.1. The molecule has 0 saturated heterocycles. The minimum Gasteiger partial charge on any atom is -0.510 e. The third-order valence-electron chi connectivity index (χ3n) is 11.4. The van der Waals surface area contributed by atoms with Crippen molar-refractivity contribution < 1.29 is 33.3 Å². The van der Waals surface area contributed by atoms with Gasteiger partial charge in [0.25, 0.3) is 0 Å². The van der Waals surface area contributed by atoms with Crippen LogP contribution >= 0.6 is 0 Å². The number of benzene rings is 3. The van der Waals surface area contributed by atoms with E-state index in [1.807, 2.05) is 58.2 Å². The number of aliphatic imine (C=N–C) groups is 1. The molecule has 4 heterocycles. The van der Waals surface area contributed by atoms with Gasteiger partial charge in [-0.25, -0.2) is 4.98 Å². The van der Waals surface area contributed by atoms with E-state index in [4.69, 9.17) is 24.4 Å². The van der Waals surface area contributed by atoms with Crippen molar-refractivity contribution in [2.45, 2.75) is 124 Å². The standard InChI is InChI=1S/C49H54N4O2.Pt/c1-44(2,3)32-16-19-39-38(26-32)37-18-17-35(28-40(37)53(39)41-27-33(20-22-50-41)45(4,5)6)54-36-24-31(23-34(25-36)46(7,8)9)43-52-48(13)42-30(15-14-21-51-42)29-49(48,55-43)47(10,11)12;/h14-23,25-27H,29H2,1-13H3;/q-2;+2/t48-,49-;/m1./s1/i29D2;. The van der Waals surface area contributed by atoms with Gasteiger partial charge in [0.1, 0.15) is 22.9 Å². The summed E-state index contributed by atoms with van der Waals surface area (Å²) in [6, 6.07) is 29.8. The molecule has 292 valence electrons. The number of aromatic nitrogens is 3. The number of ether oxygens (including phenoxy) is 2. The molecule has 1 aliphatic heterocycles. The van der Waals surface area contributed by atoms with Gasteiger partial charge in [-0.2, -0.15) is 6.07 Å². The van der Waals surface area contributed by atoms with Gasteiger partial charge in [0.15, 0.2) is 0 Å². The van der Waals surface area contributed by atoms with Gasteiger partial charge in [-0.05, 0) is 69.5 Å². The third kappa shape index (κ3) is 6.41. The van der Waals surface area contributed by atoms with Crippen LogP contribution < -0.4 is 4.74 Å². The molecule has 0 amide bonds. The van der Waals surface area contributed by atoms with E-state index >= 15 is 0 Å². The Morgan fingerprint density at radius 2 is 1.43 bits per heavy atom. The monoisotopic (exact) mass is 927 g/mol. The molecule has 0 N–H and O–H groups in total. The van der Waals surface area contributed by atoms with Crippen LogP contribution in [-0.2, 0) is 54.0 Å². The summed E-state index contributed by atoms with van der Waals surface area (Å²) in [5, 5.41) is 2.19. The maximum absolute atomic E-state index is 9.56. The smallest absolute Gasteiger partial charge is 0.510 e. The van der Waals surface area contributed by atoms with E-state index in [1.165, 1.54) is 11.1 Å². The van der Waals surface area contributed by atoms with Gasteiger partial charge in [-0.15, -0.1) is 29.1 Å². The molecule has 56 heavy (non-hydrogen) atoms. The molecule has 0 bridgehead atoms. The van der Waals surface area contributed by atoms with E-state index < -0.39 is 22.9 Å². The van der Waals surface area contributed by atoms with Crippen LogP contribution in [-0.4, -0.2) is 26.0 Å². The normalized spacial score (nSPS) is 21.1. The number of hydrogen-bond acceptors (Lipinski definition) is 5. The van der Waals surface area contributed by atoms with E-state index in [2.05, 4.69) is 115 Å². The molecule has 7 heteroatoms. The summed E-state index contributed by atoms with van der Waals surface area (Å²) in [5.74, 6) is 2.16. The molecule has 3 aromatic carbocycles. The number of rotatable bonds is 4. The van der Waals surface area contributed by atoms with Gasteiger partial charge in [0.2, 0.25) is 0 Å². The second-order valence-electron chi connectivity index (χ2n) is 19.6. The molecule has 0 fully saturated rings. The van der Waals surface area contributed by atoms with Gasteiger partial charge in [0.05, 0.1) is 5.69 Å². The largest absolute Gasteiger partial charge is 2.00 e. The van der Waals surface area contributed by atoms with Gasteiger partial charge >= 0.3 is 21.1 Å². The van der Waals surface area contributed by atoms with Crippen LogP contribution in [0.15, 0.2) is 84.1 Å². The van der Waals surface area contributed by atoms with Crippen LogP contribution in [0.1, 0.15) is 126 Å². The van der Waals surface area contributed by atoms with Gasteiger partial charge < -0.3 is 14.0 Å². The van der Waals surface area contributed by atoms with Gasteiger partial charge in [-0.3, -0.25) is 9.98 Å². The molecule has 2 aliphatic rings. The topological polar surface area (TPSA) is 61.5 Å². The van der Waals surface area contributed by atoms with Crippen molar-refractivity contribution in [3.63, 3.8) is 0 Å². The average molecular weight is 928 g/mol. The Hall–Kier alpha value is -4.28. The fraction of sp³-hybridized carbons (Fsp3) is 0.408. The molecule has 0 spiro atoms. The van der Waals surface area contributed by atoms with E-state index in [0.29, 0.717) is 34.2 Å². The van der Waals surface area contributed by atoms with Crippen molar-refractivity contribution in [2.75, 3.05) is 0 Å². The molecule has 0 saturated carbocycles. The first-order valence-corrected chi connectivity index (χ1v) is 19.4.